The highest BCUT2D eigenvalue weighted by atomic mass is 16.3. The molecule has 0 heterocycles. The smallest absolute Gasteiger partial charge is 0.0741 e. The molecule has 0 radical (unpaired) electrons. The molecule has 0 saturated carbocycles. The van der Waals surface area contributed by atoms with Gasteiger partial charge in [0.15, 0.2) is 0 Å². The Hall–Kier alpha value is -0.120. The topological polar surface area (TPSA) is 35.5 Å². The van der Waals surface area contributed by atoms with E-state index in [0.717, 1.165) is 26.2 Å². The van der Waals surface area contributed by atoms with Gasteiger partial charge in [0.2, 0.25) is 0 Å². The van der Waals surface area contributed by atoms with Crippen LogP contribution in [0.2, 0.25) is 0 Å². The van der Waals surface area contributed by atoms with Gasteiger partial charge in [0.1, 0.15) is 0 Å². The summed E-state index contributed by atoms with van der Waals surface area (Å²) in [5, 5.41) is 13.0. The van der Waals surface area contributed by atoms with Crippen molar-refractivity contribution in [1.29, 1.82) is 0 Å². The largest absolute Gasteiger partial charge is 0.389 e. The average molecular weight is 202 g/mol. The third-order valence-electron chi connectivity index (χ3n) is 2.83. The number of nitrogens with one attached hydrogen (secondary N) is 1. The molecule has 0 fully saturated rings. The predicted molar refractivity (Wildman–Crippen MR) is 61.6 cm³/mol. The van der Waals surface area contributed by atoms with Crippen LogP contribution < -0.4 is 5.32 Å². The summed E-state index contributed by atoms with van der Waals surface area (Å²) in [5.41, 5.74) is -0.636. The first-order chi connectivity index (χ1) is 6.41. The van der Waals surface area contributed by atoms with E-state index in [0.29, 0.717) is 0 Å². The number of rotatable bonds is 7. The Morgan fingerprint density at radius 3 is 2.14 bits per heavy atom. The Balaban J connectivity index is 3.63. The van der Waals surface area contributed by atoms with E-state index in [1.807, 2.05) is 20.8 Å². The summed E-state index contributed by atoms with van der Waals surface area (Å²) in [4.78, 5) is 2.37. The highest BCUT2D eigenvalue weighted by Crippen LogP contribution is 2.06. The highest BCUT2D eigenvalue weighted by Gasteiger charge is 2.21. The Bertz CT molecular complexity index is 139. The molecule has 0 aromatic carbocycles. The molecule has 3 heteroatoms. The average Bonchev–Trinajstić information content (AvgIpc) is 2.10. The SMILES string of the molecule is CCN(CC)CCNC(C)C(C)(C)O. The highest BCUT2D eigenvalue weighted by molar-refractivity contribution is 4.79. The van der Waals surface area contributed by atoms with Crippen LogP contribution in [0.5, 0.6) is 0 Å². The Kier molecular flexibility index (Phi) is 6.33. The summed E-state index contributed by atoms with van der Waals surface area (Å²) in [7, 11) is 0. The Morgan fingerprint density at radius 2 is 1.79 bits per heavy atom. The van der Waals surface area contributed by atoms with Gasteiger partial charge in [0.25, 0.3) is 0 Å². The maximum absolute atomic E-state index is 9.69. The number of hydrogen-bond acceptors (Lipinski definition) is 3. The van der Waals surface area contributed by atoms with Crippen LogP contribution in [0.25, 0.3) is 0 Å². The zero-order valence-corrected chi connectivity index (χ0v) is 10.3. The van der Waals surface area contributed by atoms with Crippen molar-refractivity contribution in [2.45, 2.75) is 46.3 Å². The summed E-state index contributed by atoms with van der Waals surface area (Å²) in [6.07, 6.45) is 0. The standard InChI is InChI=1S/C11H26N2O/c1-6-13(7-2)9-8-12-10(3)11(4,5)14/h10,12,14H,6-9H2,1-5H3. The second-order valence-corrected chi connectivity index (χ2v) is 4.36. The Morgan fingerprint density at radius 1 is 1.29 bits per heavy atom. The van der Waals surface area contributed by atoms with Crippen LogP contribution >= 0.6 is 0 Å². The first-order valence-electron chi connectivity index (χ1n) is 5.59. The lowest BCUT2D eigenvalue weighted by Crippen LogP contribution is -2.46. The molecule has 0 rings (SSSR count). The first-order valence-corrected chi connectivity index (χ1v) is 5.59. The van der Waals surface area contributed by atoms with Gasteiger partial charge in [-0.05, 0) is 33.9 Å². The second-order valence-electron chi connectivity index (χ2n) is 4.36. The van der Waals surface area contributed by atoms with E-state index in [2.05, 4.69) is 24.1 Å². The van der Waals surface area contributed by atoms with Gasteiger partial charge in [-0.1, -0.05) is 13.8 Å². The van der Waals surface area contributed by atoms with Gasteiger partial charge in [0, 0.05) is 19.1 Å². The fourth-order valence-electron chi connectivity index (χ4n) is 1.23. The predicted octanol–water partition coefficient (Wildman–Crippen LogP) is 1.08. The van der Waals surface area contributed by atoms with Crippen LogP contribution in [0.4, 0.5) is 0 Å². The fourth-order valence-corrected chi connectivity index (χ4v) is 1.23. The van der Waals surface area contributed by atoms with E-state index in [-0.39, 0.29) is 6.04 Å². The van der Waals surface area contributed by atoms with Crippen LogP contribution in [0.15, 0.2) is 0 Å². The summed E-state index contributed by atoms with van der Waals surface area (Å²) in [6, 6.07) is 0.137. The van der Waals surface area contributed by atoms with Crippen molar-refractivity contribution in [3.63, 3.8) is 0 Å². The lowest BCUT2D eigenvalue weighted by molar-refractivity contribution is 0.0436. The molecular formula is C11H26N2O. The molecule has 14 heavy (non-hydrogen) atoms. The molecule has 2 N–H and O–H groups in total. The van der Waals surface area contributed by atoms with E-state index in [9.17, 15) is 5.11 Å². The molecule has 0 aliphatic rings. The molecule has 0 aromatic rings. The van der Waals surface area contributed by atoms with Gasteiger partial charge in [-0.3, -0.25) is 0 Å². The summed E-state index contributed by atoms with van der Waals surface area (Å²) >= 11 is 0. The Labute approximate surface area is 88.5 Å². The van der Waals surface area contributed by atoms with E-state index < -0.39 is 5.60 Å². The van der Waals surface area contributed by atoms with Gasteiger partial charge >= 0.3 is 0 Å². The molecule has 3 nitrogen and oxygen atoms in total. The van der Waals surface area contributed by atoms with Crippen molar-refractivity contribution in [3.8, 4) is 0 Å². The van der Waals surface area contributed by atoms with Gasteiger partial charge in [-0.15, -0.1) is 0 Å². The van der Waals surface area contributed by atoms with Crippen molar-refractivity contribution < 1.29 is 5.11 Å². The van der Waals surface area contributed by atoms with Crippen LogP contribution in [-0.4, -0.2) is 47.8 Å². The van der Waals surface area contributed by atoms with Crippen molar-refractivity contribution in [2.75, 3.05) is 26.2 Å². The molecule has 86 valence electrons. The maximum Gasteiger partial charge on any atom is 0.0741 e. The molecule has 0 aromatic heterocycles. The third-order valence-corrected chi connectivity index (χ3v) is 2.83. The zero-order chi connectivity index (χ0) is 11.2. The molecule has 1 unspecified atom stereocenters. The summed E-state index contributed by atoms with van der Waals surface area (Å²) in [5.74, 6) is 0. The van der Waals surface area contributed by atoms with Gasteiger partial charge in [0.05, 0.1) is 5.60 Å². The minimum absolute atomic E-state index is 0.137. The fraction of sp³-hybridized carbons (Fsp3) is 1.00. The van der Waals surface area contributed by atoms with Crippen LogP contribution in [0.1, 0.15) is 34.6 Å². The lowest BCUT2D eigenvalue weighted by atomic mass is 10.0. The van der Waals surface area contributed by atoms with Gasteiger partial charge < -0.3 is 15.3 Å². The number of likely N-dealkylation sites (N-methyl/N-ethyl adjacent to an activating group) is 1. The number of hydrogen-bond donors (Lipinski definition) is 2. The molecule has 0 amide bonds. The first kappa shape index (κ1) is 13.9. The van der Waals surface area contributed by atoms with Crippen molar-refractivity contribution in [2.24, 2.45) is 0 Å². The molecule has 0 spiro atoms. The van der Waals surface area contributed by atoms with Crippen molar-refractivity contribution >= 4 is 0 Å². The maximum atomic E-state index is 9.69. The molecule has 0 bridgehead atoms. The van der Waals surface area contributed by atoms with Gasteiger partial charge in [-0.2, -0.15) is 0 Å². The quantitative estimate of drug-likeness (QED) is 0.648. The van der Waals surface area contributed by atoms with Gasteiger partial charge in [-0.25, -0.2) is 0 Å². The third kappa shape index (κ3) is 5.58. The number of nitrogens with zero attached hydrogens (tertiary/aromatic N) is 1. The number of aliphatic hydroxyl groups is 1. The summed E-state index contributed by atoms with van der Waals surface area (Å²) in [6.45, 7) is 14.2. The molecule has 1 atom stereocenters. The normalized spacial score (nSPS) is 14.8. The van der Waals surface area contributed by atoms with Crippen molar-refractivity contribution in [1.82, 2.24) is 10.2 Å². The van der Waals surface area contributed by atoms with Crippen LogP contribution in [-0.2, 0) is 0 Å². The van der Waals surface area contributed by atoms with E-state index in [1.165, 1.54) is 0 Å². The minimum Gasteiger partial charge on any atom is -0.389 e. The monoisotopic (exact) mass is 202 g/mol. The molecule has 0 aliphatic heterocycles. The zero-order valence-electron chi connectivity index (χ0n) is 10.3. The second kappa shape index (κ2) is 6.38. The van der Waals surface area contributed by atoms with Crippen molar-refractivity contribution in [3.05, 3.63) is 0 Å². The van der Waals surface area contributed by atoms with E-state index >= 15 is 0 Å². The van der Waals surface area contributed by atoms with Crippen LogP contribution in [0, 0.1) is 0 Å². The lowest BCUT2D eigenvalue weighted by Gasteiger charge is -2.28. The molecular weight excluding hydrogens is 176 g/mol. The molecule has 0 saturated heterocycles. The molecule has 0 aliphatic carbocycles. The minimum atomic E-state index is -0.636. The summed E-state index contributed by atoms with van der Waals surface area (Å²) < 4.78 is 0. The van der Waals surface area contributed by atoms with Crippen LogP contribution in [0.3, 0.4) is 0 Å². The van der Waals surface area contributed by atoms with E-state index in [4.69, 9.17) is 0 Å². The van der Waals surface area contributed by atoms with E-state index in [1.54, 1.807) is 0 Å².